The van der Waals surface area contributed by atoms with Crippen LogP contribution in [-0.2, 0) is 24.1 Å². The van der Waals surface area contributed by atoms with Gasteiger partial charge in [-0.25, -0.2) is 23.0 Å². The van der Waals surface area contributed by atoms with E-state index in [-0.39, 0.29) is 23.7 Å². The molecule has 1 aliphatic rings. The van der Waals surface area contributed by atoms with Crippen LogP contribution in [0.15, 0.2) is 30.3 Å². The van der Waals surface area contributed by atoms with Crippen LogP contribution in [0.5, 0.6) is 5.88 Å². The molecule has 1 aliphatic heterocycles. The first kappa shape index (κ1) is 24.4. The number of hydrogen-bond donors (Lipinski definition) is 0. The number of aromatic nitrogens is 1. The van der Waals surface area contributed by atoms with E-state index >= 15 is 0 Å². The Morgan fingerprint density at radius 1 is 1.18 bits per heavy atom. The van der Waals surface area contributed by atoms with Crippen molar-refractivity contribution >= 4 is 38.6 Å². The number of esters is 1. The predicted octanol–water partition coefficient (Wildman–Crippen LogP) is 2.00. The molecule has 2 heterocycles. The lowest BCUT2D eigenvalue weighted by Gasteiger charge is -2.34. The number of rotatable bonds is 5. The zero-order chi connectivity index (χ0) is 24.4. The standard InChI is InChI=1S/C22H26N2O8S/c1-22(2,3)32-21(27)24-9-10-33(28,29)13-17(24)20(26)31-12-18(25)15-11-14-7-5-6-8-16(14)23-19(15)30-4/h5-8,11,17H,9-10,12-13H2,1-4H3. The van der Waals surface area contributed by atoms with Gasteiger partial charge in [-0.05, 0) is 32.9 Å². The second-order valence-electron chi connectivity index (χ2n) is 8.57. The van der Waals surface area contributed by atoms with Gasteiger partial charge in [-0.3, -0.25) is 9.69 Å². The summed E-state index contributed by atoms with van der Waals surface area (Å²) in [6.07, 6.45) is -0.828. The summed E-state index contributed by atoms with van der Waals surface area (Å²) in [7, 11) is -2.21. The van der Waals surface area contributed by atoms with E-state index in [1.807, 2.05) is 0 Å². The minimum Gasteiger partial charge on any atom is -0.480 e. The first-order chi connectivity index (χ1) is 15.4. The molecule has 0 spiro atoms. The Labute approximate surface area is 191 Å². The Kier molecular flexibility index (Phi) is 6.92. The van der Waals surface area contributed by atoms with Gasteiger partial charge in [0.1, 0.15) is 11.6 Å². The number of para-hydroxylation sites is 1. The van der Waals surface area contributed by atoms with Crippen LogP contribution in [-0.4, -0.2) is 79.6 Å². The maximum absolute atomic E-state index is 12.8. The Morgan fingerprint density at radius 2 is 1.88 bits per heavy atom. The fraction of sp³-hybridized carbons (Fsp3) is 0.455. The van der Waals surface area contributed by atoms with Gasteiger partial charge in [0.2, 0.25) is 11.7 Å². The quantitative estimate of drug-likeness (QED) is 0.468. The van der Waals surface area contributed by atoms with Crippen molar-refractivity contribution in [1.82, 2.24) is 9.88 Å². The normalized spacial score (nSPS) is 17.9. The van der Waals surface area contributed by atoms with E-state index in [1.165, 1.54) is 7.11 Å². The minimum atomic E-state index is -3.58. The highest BCUT2D eigenvalue weighted by Crippen LogP contribution is 2.23. The van der Waals surface area contributed by atoms with Gasteiger partial charge in [-0.1, -0.05) is 18.2 Å². The van der Waals surface area contributed by atoms with Crippen molar-refractivity contribution in [1.29, 1.82) is 0 Å². The summed E-state index contributed by atoms with van der Waals surface area (Å²) < 4.78 is 39.8. The number of ether oxygens (including phenoxy) is 3. The fourth-order valence-corrected chi connectivity index (χ4v) is 4.74. The number of benzene rings is 1. The van der Waals surface area contributed by atoms with Crippen molar-refractivity contribution in [3.63, 3.8) is 0 Å². The lowest BCUT2D eigenvalue weighted by Crippen LogP contribution is -2.56. The second kappa shape index (κ2) is 9.34. The molecule has 3 rings (SSSR count). The first-order valence-electron chi connectivity index (χ1n) is 10.2. The monoisotopic (exact) mass is 478 g/mol. The molecule has 33 heavy (non-hydrogen) atoms. The molecule has 1 amide bonds. The van der Waals surface area contributed by atoms with Crippen molar-refractivity contribution in [2.45, 2.75) is 32.4 Å². The van der Waals surface area contributed by atoms with Crippen molar-refractivity contribution < 1.29 is 37.0 Å². The molecule has 1 saturated heterocycles. The van der Waals surface area contributed by atoms with Crippen LogP contribution in [0.4, 0.5) is 4.79 Å². The number of sulfone groups is 1. The highest BCUT2D eigenvalue weighted by Gasteiger charge is 2.41. The van der Waals surface area contributed by atoms with Crippen LogP contribution < -0.4 is 4.74 Å². The maximum Gasteiger partial charge on any atom is 0.411 e. The van der Waals surface area contributed by atoms with Crippen LogP contribution in [0.25, 0.3) is 10.9 Å². The smallest absolute Gasteiger partial charge is 0.411 e. The van der Waals surface area contributed by atoms with Crippen LogP contribution in [0, 0.1) is 0 Å². The van der Waals surface area contributed by atoms with Gasteiger partial charge in [0.15, 0.2) is 16.4 Å². The molecule has 1 aromatic heterocycles. The highest BCUT2D eigenvalue weighted by molar-refractivity contribution is 7.91. The molecular formula is C22H26N2O8S. The Bertz CT molecular complexity index is 1190. The summed E-state index contributed by atoms with van der Waals surface area (Å²) in [5, 5.41) is 0.697. The number of ketones is 1. The molecule has 1 fully saturated rings. The zero-order valence-corrected chi connectivity index (χ0v) is 19.7. The zero-order valence-electron chi connectivity index (χ0n) is 18.9. The number of pyridine rings is 1. The molecule has 1 atom stereocenters. The molecule has 0 saturated carbocycles. The fourth-order valence-electron chi connectivity index (χ4n) is 3.31. The van der Waals surface area contributed by atoms with Gasteiger partial charge < -0.3 is 14.2 Å². The minimum absolute atomic E-state index is 0.0744. The summed E-state index contributed by atoms with van der Waals surface area (Å²) in [5.41, 5.74) is -0.0927. The van der Waals surface area contributed by atoms with Crippen molar-refractivity contribution in [3.05, 3.63) is 35.9 Å². The number of amides is 1. The number of carbonyl (C=O) groups excluding carboxylic acids is 3. The second-order valence-corrected chi connectivity index (χ2v) is 10.8. The molecule has 0 N–H and O–H groups in total. The first-order valence-corrected chi connectivity index (χ1v) is 12.1. The molecule has 2 aromatic rings. The number of methoxy groups -OCH3 is 1. The average molecular weight is 479 g/mol. The molecule has 11 heteroatoms. The molecule has 0 bridgehead atoms. The van der Waals surface area contributed by atoms with E-state index in [4.69, 9.17) is 14.2 Å². The van der Waals surface area contributed by atoms with Gasteiger partial charge >= 0.3 is 12.1 Å². The molecule has 1 unspecified atom stereocenters. The largest absolute Gasteiger partial charge is 0.480 e. The Hall–Kier alpha value is -3.21. The molecule has 10 nitrogen and oxygen atoms in total. The average Bonchev–Trinajstić information content (AvgIpc) is 2.74. The van der Waals surface area contributed by atoms with E-state index in [9.17, 15) is 22.8 Å². The third kappa shape index (κ3) is 5.98. The third-order valence-corrected chi connectivity index (χ3v) is 6.49. The molecular weight excluding hydrogens is 452 g/mol. The summed E-state index contributed by atoms with van der Waals surface area (Å²) in [6.45, 7) is 4.08. The van der Waals surface area contributed by atoms with Crippen LogP contribution in [0.3, 0.4) is 0 Å². The number of nitrogens with zero attached hydrogens (tertiary/aromatic N) is 2. The van der Waals surface area contributed by atoms with Crippen LogP contribution in [0.1, 0.15) is 31.1 Å². The highest BCUT2D eigenvalue weighted by atomic mass is 32.2. The van der Waals surface area contributed by atoms with Crippen molar-refractivity contribution in [2.75, 3.05) is 31.8 Å². The van der Waals surface area contributed by atoms with E-state index in [2.05, 4.69) is 4.98 Å². The SMILES string of the molecule is COc1nc2ccccc2cc1C(=O)COC(=O)C1CS(=O)(=O)CCN1C(=O)OC(C)(C)C. The van der Waals surface area contributed by atoms with Crippen LogP contribution in [0.2, 0.25) is 0 Å². The van der Waals surface area contributed by atoms with Gasteiger partial charge in [0, 0.05) is 11.9 Å². The molecule has 0 aliphatic carbocycles. The van der Waals surface area contributed by atoms with E-state index in [0.29, 0.717) is 10.9 Å². The number of fused-ring (bicyclic) bond motifs is 1. The Balaban J connectivity index is 1.76. The maximum atomic E-state index is 12.8. The van der Waals surface area contributed by atoms with Gasteiger partial charge in [-0.15, -0.1) is 0 Å². The van der Waals surface area contributed by atoms with Gasteiger partial charge in [0.25, 0.3) is 0 Å². The molecule has 1 aromatic carbocycles. The van der Waals surface area contributed by atoms with E-state index in [1.54, 1.807) is 51.1 Å². The third-order valence-electron chi connectivity index (χ3n) is 4.86. The number of Topliss-reactive ketones (excluding diaryl/α,β-unsaturated/α-hetero) is 1. The molecule has 0 radical (unpaired) electrons. The Morgan fingerprint density at radius 3 is 2.55 bits per heavy atom. The van der Waals surface area contributed by atoms with E-state index < -0.39 is 51.7 Å². The van der Waals surface area contributed by atoms with E-state index in [0.717, 1.165) is 4.90 Å². The number of hydrogen-bond acceptors (Lipinski definition) is 9. The lowest BCUT2D eigenvalue weighted by atomic mass is 10.1. The predicted molar refractivity (Wildman–Crippen MR) is 119 cm³/mol. The summed E-state index contributed by atoms with van der Waals surface area (Å²) in [5.74, 6) is -2.42. The topological polar surface area (TPSA) is 129 Å². The lowest BCUT2D eigenvalue weighted by molar-refractivity contribution is -0.148. The number of carbonyl (C=O) groups is 3. The van der Waals surface area contributed by atoms with Gasteiger partial charge in [-0.2, -0.15) is 0 Å². The van der Waals surface area contributed by atoms with Gasteiger partial charge in [0.05, 0.1) is 29.7 Å². The van der Waals surface area contributed by atoms with Crippen molar-refractivity contribution in [2.24, 2.45) is 0 Å². The molecule has 178 valence electrons. The summed E-state index contributed by atoms with van der Waals surface area (Å²) >= 11 is 0. The summed E-state index contributed by atoms with van der Waals surface area (Å²) in [6, 6.07) is 7.29. The van der Waals surface area contributed by atoms with Crippen molar-refractivity contribution in [3.8, 4) is 5.88 Å². The van der Waals surface area contributed by atoms with Crippen LogP contribution >= 0.6 is 0 Å². The summed E-state index contributed by atoms with van der Waals surface area (Å²) in [4.78, 5) is 43.3.